The maximum absolute atomic E-state index is 11.5. The van der Waals surface area contributed by atoms with Gasteiger partial charge in [-0.3, -0.25) is 0 Å². The van der Waals surface area contributed by atoms with E-state index in [0.717, 1.165) is 5.56 Å². The van der Waals surface area contributed by atoms with E-state index in [2.05, 4.69) is 4.98 Å². The smallest absolute Gasteiger partial charge is 0.360 e. The summed E-state index contributed by atoms with van der Waals surface area (Å²) in [6.45, 7) is 2.08. The molecule has 2 heterocycles. The fourth-order valence-corrected chi connectivity index (χ4v) is 1.83. The molecule has 2 rings (SSSR count). The first kappa shape index (κ1) is 9.92. The summed E-state index contributed by atoms with van der Waals surface area (Å²) in [5, 5.41) is 3.80. The Labute approximate surface area is 90.5 Å². The number of nitrogens with zero attached hydrogens (tertiary/aromatic N) is 1. The largest absolute Gasteiger partial charge is 0.461 e. The summed E-state index contributed by atoms with van der Waals surface area (Å²) in [4.78, 5) is 15.3. The number of ether oxygens (including phenoxy) is 1. The summed E-state index contributed by atoms with van der Waals surface area (Å²) in [5.74, 6) is 0.0159. The molecule has 0 saturated heterocycles. The standard InChI is InChI=1S/C10H9NO3S/c1-2-13-10(12)8-9(14-6-11-8)7-3-4-15-5-7/h3-6H,2H2,1H3. The first-order valence-corrected chi connectivity index (χ1v) is 5.40. The van der Waals surface area contributed by atoms with Gasteiger partial charge in [-0.1, -0.05) is 0 Å². The molecule has 0 aliphatic rings. The fourth-order valence-electron chi connectivity index (χ4n) is 1.19. The molecule has 0 bridgehead atoms. The van der Waals surface area contributed by atoms with Crippen molar-refractivity contribution in [2.75, 3.05) is 6.61 Å². The van der Waals surface area contributed by atoms with Crippen molar-refractivity contribution in [1.29, 1.82) is 0 Å². The van der Waals surface area contributed by atoms with Gasteiger partial charge < -0.3 is 9.15 Å². The maximum atomic E-state index is 11.5. The van der Waals surface area contributed by atoms with Crippen LogP contribution < -0.4 is 0 Å². The van der Waals surface area contributed by atoms with Crippen LogP contribution in [0.1, 0.15) is 17.4 Å². The van der Waals surface area contributed by atoms with E-state index in [1.54, 1.807) is 6.92 Å². The number of aromatic nitrogens is 1. The molecule has 4 nitrogen and oxygen atoms in total. The van der Waals surface area contributed by atoms with Gasteiger partial charge in [0.15, 0.2) is 17.8 Å². The molecule has 78 valence electrons. The molecular formula is C10H9NO3S. The van der Waals surface area contributed by atoms with Gasteiger partial charge in [-0.05, 0) is 18.4 Å². The second kappa shape index (κ2) is 4.27. The van der Waals surface area contributed by atoms with Crippen molar-refractivity contribution in [3.8, 4) is 11.3 Å². The van der Waals surface area contributed by atoms with Crippen molar-refractivity contribution in [3.05, 3.63) is 28.9 Å². The summed E-state index contributed by atoms with van der Waals surface area (Å²) >= 11 is 1.53. The Morgan fingerprint density at radius 1 is 1.67 bits per heavy atom. The van der Waals surface area contributed by atoms with Crippen LogP contribution in [0.15, 0.2) is 27.6 Å². The van der Waals surface area contributed by atoms with Crippen molar-refractivity contribution in [2.24, 2.45) is 0 Å². The number of oxazole rings is 1. The van der Waals surface area contributed by atoms with Gasteiger partial charge in [0, 0.05) is 10.9 Å². The van der Waals surface area contributed by atoms with Crippen LogP contribution in [-0.4, -0.2) is 17.6 Å². The Balaban J connectivity index is 2.34. The van der Waals surface area contributed by atoms with Gasteiger partial charge >= 0.3 is 5.97 Å². The topological polar surface area (TPSA) is 52.3 Å². The molecule has 0 N–H and O–H groups in total. The van der Waals surface area contributed by atoms with E-state index in [4.69, 9.17) is 9.15 Å². The molecule has 5 heteroatoms. The van der Waals surface area contributed by atoms with E-state index in [0.29, 0.717) is 12.4 Å². The number of carbonyl (C=O) groups excluding carboxylic acids is 1. The number of esters is 1. The van der Waals surface area contributed by atoms with E-state index < -0.39 is 5.97 Å². The van der Waals surface area contributed by atoms with Crippen LogP contribution in [0.2, 0.25) is 0 Å². The monoisotopic (exact) mass is 223 g/mol. The van der Waals surface area contributed by atoms with Gasteiger partial charge in [0.05, 0.1) is 6.61 Å². The summed E-state index contributed by atoms with van der Waals surface area (Å²) in [5.41, 5.74) is 1.08. The van der Waals surface area contributed by atoms with Crippen molar-refractivity contribution in [2.45, 2.75) is 6.92 Å². The molecule has 0 radical (unpaired) electrons. The number of thiophene rings is 1. The van der Waals surface area contributed by atoms with E-state index in [1.807, 2.05) is 16.8 Å². The lowest BCUT2D eigenvalue weighted by Gasteiger charge is -1.98. The quantitative estimate of drug-likeness (QED) is 0.750. The first-order valence-electron chi connectivity index (χ1n) is 4.46. The first-order chi connectivity index (χ1) is 7.33. The molecule has 0 atom stereocenters. The minimum Gasteiger partial charge on any atom is -0.461 e. The second-order valence-electron chi connectivity index (χ2n) is 2.76. The fraction of sp³-hybridized carbons (Fsp3) is 0.200. The van der Waals surface area contributed by atoms with Gasteiger partial charge in [0.1, 0.15) is 0 Å². The highest BCUT2D eigenvalue weighted by Crippen LogP contribution is 2.25. The molecule has 0 saturated carbocycles. The molecule has 15 heavy (non-hydrogen) atoms. The minimum absolute atomic E-state index is 0.232. The highest BCUT2D eigenvalue weighted by molar-refractivity contribution is 7.08. The molecule has 0 amide bonds. The van der Waals surface area contributed by atoms with Crippen LogP contribution in [0.5, 0.6) is 0 Å². The Morgan fingerprint density at radius 2 is 2.53 bits per heavy atom. The van der Waals surface area contributed by atoms with Gasteiger partial charge in [0.25, 0.3) is 0 Å². The molecule has 2 aromatic rings. The molecule has 0 unspecified atom stereocenters. The molecule has 0 spiro atoms. The Bertz CT molecular complexity index is 447. The van der Waals surface area contributed by atoms with Crippen LogP contribution in [0.25, 0.3) is 11.3 Å². The minimum atomic E-state index is -0.451. The normalized spacial score (nSPS) is 10.2. The number of hydrogen-bond donors (Lipinski definition) is 0. The molecule has 2 aromatic heterocycles. The number of carbonyl (C=O) groups is 1. The van der Waals surface area contributed by atoms with Gasteiger partial charge in [-0.25, -0.2) is 9.78 Å². The average Bonchev–Trinajstić information content (AvgIpc) is 2.88. The van der Waals surface area contributed by atoms with Gasteiger partial charge in [-0.15, -0.1) is 0 Å². The zero-order chi connectivity index (χ0) is 10.7. The Kier molecular flexibility index (Phi) is 2.82. The highest BCUT2D eigenvalue weighted by Gasteiger charge is 2.19. The predicted octanol–water partition coefficient (Wildman–Crippen LogP) is 2.58. The van der Waals surface area contributed by atoms with Crippen molar-refractivity contribution < 1.29 is 13.9 Å². The van der Waals surface area contributed by atoms with Crippen LogP contribution in [0.3, 0.4) is 0 Å². The van der Waals surface area contributed by atoms with Crippen LogP contribution in [0, 0.1) is 0 Å². The lowest BCUT2D eigenvalue weighted by Crippen LogP contribution is -2.06. The second-order valence-corrected chi connectivity index (χ2v) is 3.54. The van der Waals surface area contributed by atoms with E-state index in [1.165, 1.54) is 17.7 Å². The third kappa shape index (κ3) is 1.92. The average molecular weight is 223 g/mol. The summed E-state index contributed by atoms with van der Waals surface area (Å²) in [6, 6.07) is 1.87. The van der Waals surface area contributed by atoms with Crippen LogP contribution in [-0.2, 0) is 4.74 Å². The van der Waals surface area contributed by atoms with Crippen molar-refractivity contribution >= 4 is 17.3 Å². The van der Waals surface area contributed by atoms with Crippen LogP contribution in [0.4, 0.5) is 0 Å². The van der Waals surface area contributed by atoms with Gasteiger partial charge in [0.2, 0.25) is 0 Å². The number of rotatable bonds is 3. The Hall–Kier alpha value is -1.62. The molecule has 0 aromatic carbocycles. The molecular weight excluding hydrogens is 214 g/mol. The third-order valence-electron chi connectivity index (χ3n) is 1.82. The summed E-state index contributed by atoms with van der Waals surface area (Å²) < 4.78 is 10.0. The SMILES string of the molecule is CCOC(=O)c1ncoc1-c1ccsc1. The van der Waals surface area contributed by atoms with Crippen molar-refractivity contribution in [1.82, 2.24) is 4.98 Å². The third-order valence-corrected chi connectivity index (χ3v) is 2.50. The molecule has 0 fully saturated rings. The lowest BCUT2D eigenvalue weighted by atomic mass is 10.2. The number of hydrogen-bond acceptors (Lipinski definition) is 5. The van der Waals surface area contributed by atoms with Crippen molar-refractivity contribution in [3.63, 3.8) is 0 Å². The zero-order valence-electron chi connectivity index (χ0n) is 8.10. The van der Waals surface area contributed by atoms with E-state index in [-0.39, 0.29) is 5.69 Å². The van der Waals surface area contributed by atoms with E-state index in [9.17, 15) is 4.79 Å². The predicted molar refractivity (Wildman–Crippen MR) is 55.8 cm³/mol. The molecule has 0 aliphatic heterocycles. The molecule has 0 aliphatic carbocycles. The van der Waals surface area contributed by atoms with Crippen LogP contribution >= 0.6 is 11.3 Å². The zero-order valence-corrected chi connectivity index (χ0v) is 8.91. The van der Waals surface area contributed by atoms with E-state index >= 15 is 0 Å². The lowest BCUT2D eigenvalue weighted by molar-refractivity contribution is 0.0520. The Morgan fingerprint density at radius 3 is 3.20 bits per heavy atom. The summed E-state index contributed by atoms with van der Waals surface area (Å²) in [7, 11) is 0. The highest BCUT2D eigenvalue weighted by atomic mass is 32.1. The van der Waals surface area contributed by atoms with Gasteiger partial charge in [-0.2, -0.15) is 11.3 Å². The maximum Gasteiger partial charge on any atom is 0.360 e. The summed E-state index contributed by atoms with van der Waals surface area (Å²) in [6.07, 6.45) is 1.25.